The summed E-state index contributed by atoms with van der Waals surface area (Å²) in [5, 5.41) is 0. The summed E-state index contributed by atoms with van der Waals surface area (Å²) in [6, 6.07) is 23.1. The third kappa shape index (κ3) is 4.51. The third-order valence-corrected chi connectivity index (χ3v) is 11.7. The van der Waals surface area contributed by atoms with E-state index in [9.17, 15) is 0 Å². The smallest absolute Gasteiger partial charge is 0 e. The Morgan fingerprint density at radius 1 is 0.517 bits per heavy atom. The molecular formula is C27H35BP. The van der Waals surface area contributed by atoms with E-state index >= 15 is 0 Å². The second-order valence-corrected chi connectivity index (χ2v) is 12.3. The van der Waals surface area contributed by atoms with Gasteiger partial charge in [0.15, 0.2) is 0 Å². The van der Waals surface area contributed by atoms with Crippen LogP contribution in [-0.4, -0.2) is 25.4 Å². The van der Waals surface area contributed by atoms with Crippen LogP contribution in [0.5, 0.6) is 0 Å². The van der Waals surface area contributed by atoms with Gasteiger partial charge in [-0.15, -0.1) is 0 Å². The normalized spacial score (nSPS) is 28.1. The minimum atomic E-state index is 0. The second-order valence-electron chi connectivity index (χ2n) is 9.39. The Morgan fingerprint density at radius 3 is 1.28 bits per heavy atom. The molecule has 0 aliphatic heterocycles. The molecule has 3 radical (unpaired) electrons. The molecule has 3 aliphatic rings. The molecule has 0 amide bonds. The zero-order valence-electron chi connectivity index (χ0n) is 17.8. The predicted molar refractivity (Wildman–Crippen MR) is 129 cm³/mol. The zero-order valence-corrected chi connectivity index (χ0v) is 18.7. The SMILES string of the molecule is [B].c1ccc(C2C(c3ccccc3)C2P(C2CCCCC2)C2CCCCC2)cc1. The van der Waals surface area contributed by atoms with Crippen molar-refractivity contribution in [2.24, 2.45) is 0 Å². The molecule has 0 heterocycles. The Hall–Kier alpha value is -1.07. The topological polar surface area (TPSA) is 0 Å². The molecule has 0 saturated heterocycles. The Kier molecular flexibility index (Phi) is 7.18. The van der Waals surface area contributed by atoms with Crippen molar-refractivity contribution in [3.63, 3.8) is 0 Å². The molecule has 2 aromatic carbocycles. The average molecular weight is 401 g/mol. The first kappa shape index (κ1) is 21.2. The van der Waals surface area contributed by atoms with Gasteiger partial charge in [-0.1, -0.05) is 107 Å². The first-order chi connectivity index (χ1) is 13.9. The molecule has 3 saturated carbocycles. The van der Waals surface area contributed by atoms with Gasteiger partial charge in [0.2, 0.25) is 0 Å². The fourth-order valence-electron chi connectivity index (χ4n) is 6.37. The molecule has 0 bridgehead atoms. The van der Waals surface area contributed by atoms with Crippen molar-refractivity contribution in [2.75, 3.05) is 0 Å². The van der Waals surface area contributed by atoms with E-state index in [4.69, 9.17) is 0 Å². The summed E-state index contributed by atoms with van der Waals surface area (Å²) in [6.45, 7) is 0. The van der Waals surface area contributed by atoms with Gasteiger partial charge >= 0.3 is 0 Å². The van der Waals surface area contributed by atoms with Crippen molar-refractivity contribution < 1.29 is 0 Å². The van der Waals surface area contributed by atoms with Crippen LogP contribution in [0.15, 0.2) is 60.7 Å². The van der Waals surface area contributed by atoms with Gasteiger partial charge in [0.1, 0.15) is 0 Å². The maximum atomic E-state index is 2.41. The van der Waals surface area contributed by atoms with Crippen molar-refractivity contribution in [2.45, 2.75) is 93.0 Å². The van der Waals surface area contributed by atoms with E-state index in [1.165, 1.54) is 64.2 Å². The molecule has 3 fully saturated rings. The van der Waals surface area contributed by atoms with Gasteiger partial charge in [-0.05, 0) is 65.6 Å². The Labute approximate surface area is 181 Å². The molecule has 0 aromatic heterocycles. The van der Waals surface area contributed by atoms with E-state index in [0.717, 1.165) is 28.8 Å². The Morgan fingerprint density at radius 2 is 0.897 bits per heavy atom. The lowest BCUT2D eigenvalue weighted by Gasteiger charge is -2.39. The van der Waals surface area contributed by atoms with Gasteiger partial charge in [0, 0.05) is 8.41 Å². The van der Waals surface area contributed by atoms with Crippen molar-refractivity contribution >= 4 is 16.3 Å². The minimum Gasteiger partial charge on any atom is -0.0959 e. The summed E-state index contributed by atoms with van der Waals surface area (Å²) in [5.74, 6) is 1.55. The summed E-state index contributed by atoms with van der Waals surface area (Å²) in [4.78, 5) is 0. The molecular weight excluding hydrogens is 366 g/mol. The molecule has 0 spiro atoms. The first-order valence-electron chi connectivity index (χ1n) is 11.8. The monoisotopic (exact) mass is 401 g/mol. The van der Waals surface area contributed by atoms with Crippen LogP contribution in [0.2, 0.25) is 0 Å². The molecule has 0 N–H and O–H groups in total. The van der Waals surface area contributed by atoms with E-state index in [0.29, 0.717) is 0 Å². The highest BCUT2D eigenvalue weighted by Gasteiger charge is 2.57. The van der Waals surface area contributed by atoms with Crippen molar-refractivity contribution in [3.8, 4) is 0 Å². The van der Waals surface area contributed by atoms with E-state index < -0.39 is 0 Å². The molecule has 2 aromatic rings. The van der Waals surface area contributed by atoms with E-state index in [-0.39, 0.29) is 16.3 Å². The van der Waals surface area contributed by atoms with Crippen molar-refractivity contribution in [3.05, 3.63) is 71.8 Å². The number of rotatable bonds is 5. The van der Waals surface area contributed by atoms with Crippen LogP contribution in [0.25, 0.3) is 0 Å². The van der Waals surface area contributed by atoms with Crippen LogP contribution in [0.4, 0.5) is 0 Å². The molecule has 2 heteroatoms. The fraction of sp³-hybridized carbons (Fsp3) is 0.556. The van der Waals surface area contributed by atoms with Crippen LogP contribution < -0.4 is 0 Å². The maximum absolute atomic E-state index is 2.41. The van der Waals surface area contributed by atoms with E-state index in [1.807, 2.05) is 0 Å². The van der Waals surface area contributed by atoms with E-state index in [2.05, 4.69) is 60.7 Å². The average Bonchev–Trinajstić information content (AvgIpc) is 3.52. The van der Waals surface area contributed by atoms with Gasteiger partial charge in [-0.3, -0.25) is 0 Å². The molecule has 0 nitrogen and oxygen atoms in total. The number of benzene rings is 2. The Bertz CT molecular complexity index is 670. The van der Waals surface area contributed by atoms with Crippen LogP contribution in [-0.2, 0) is 0 Å². The minimum absolute atomic E-state index is 0. The highest BCUT2D eigenvalue weighted by atomic mass is 31.1. The van der Waals surface area contributed by atoms with Crippen LogP contribution >= 0.6 is 7.92 Å². The molecule has 3 aliphatic carbocycles. The lowest BCUT2D eigenvalue weighted by molar-refractivity contribution is 0.483. The van der Waals surface area contributed by atoms with Gasteiger partial charge in [-0.25, -0.2) is 0 Å². The molecule has 151 valence electrons. The molecule has 2 unspecified atom stereocenters. The summed E-state index contributed by atoms with van der Waals surface area (Å²) in [5.41, 5.74) is 6.26. The lowest BCUT2D eigenvalue weighted by atomic mass is 9.99. The highest BCUT2D eigenvalue weighted by Crippen LogP contribution is 2.75. The second kappa shape index (κ2) is 9.83. The van der Waals surface area contributed by atoms with Gasteiger partial charge in [0.25, 0.3) is 0 Å². The third-order valence-electron chi connectivity index (χ3n) is 7.69. The zero-order chi connectivity index (χ0) is 18.8. The molecule has 5 rings (SSSR count). The van der Waals surface area contributed by atoms with Gasteiger partial charge in [0.05, 0.1) is 0 Å². The van der Waals surface area contributed by atoms with Gasteiger partial charge in [-0.2, -0.15) is 0 Å². The molecule has 29 heavy (non-hydrogen) atoms. The maximum Gasteiger partial charge on any atom is 0 e. The predicted octanol–water partition coefficient (Wildman–Crippen LogP) is 7.70. The summed E-state index contributed by atoms with van der Waals surface area (Å²) in [6.07, 6.45) is 15.1. The largest absolute Gasteiger partial charge is 0.0959 e. The first-order valence-corrected chi connectivity index (χ1v) is 13.4. The summed E-state index contributed by atoms with van der Waals surface area (Å²) >= 11 is 0. The van der Waals surface area contributed by atoms with Crippen molar-refractivity contribution in [1.29, 1.82) is 0 Å². The van der Waals surface area contributed by atoms with Crippen molar-refractivity contribution in [1.82, 2.24) is 0 Å². The molecule has 2 atom stereocenters. The number of hydrogen-bond acceptors (Lipinski definition) is 0. The fourth-order valence-corrected chi connectivity index (χ4v) is 11.2. The van der Waals surface area contributed by atoms with Gasteiger partial charge < -0.3 is 0 Å². The Balaban J connectivity index is 0.00000205. The van der Waals surface area contributed by atoms with Crippen LogP contribution in [0, 0.1) is 0 Å². The quantitative estimate of drug-likeness (QED) is 0.356. The van der Waals surface area contributed by atoms with Crippen LogP contribution in [0.3, 0.4) is 0 Å². The van der Waals surface area contributed by atoms with Crippen LogP contribution in [0.1, 0.15) is 87.2 Å². The standard InChI is InChI=1S/C27H35P.B/c1-5-13-21(14-6-1)25-26(22-15-7-2-8-16-22)27(25)28(23-17-9-3-10-18-23)24-19-11-4-12-20-24;/h1-2,5-8,13-16,23-27H,3-4,9-12,17-20H2;. The lowest BCUT2D eigenvalue weighted by Crippen LogP contribution is -2.23. The number of hydrogen-bond donors (Lipinski definition) is 0. The summed E-state index contributed by atoms with van der Waals surface area (Å²) in [7, 11) is 0.129. The van der Waals surface area contributed by atoms with E-state index in [1.54, 1.807) is 11.1 Å². The highest BCUT2D eigenvalue weighted by molar-refractivity contribution is 7.60. The summed E-state index contributed by atoms with van der Waals surface area (Å²) < 4.78 is 0.